The SMILES string of the molecule is CC(C)CN(CC(C)C)S(=O)(=O)c1ccc(C(=O)Nc2onc3c2CCCC3)cc1. The first-order chi connectivity index (χ1) is 14.2. The van der Waals surface area contributed by atoms with Crippen LogP contribution in [0.15, 0.2) is 33.7 Å². The van der Waals surface area contributed by atoms with Crippen molar-refractivity contribution in [2.75, 3.05) is 18.4 Å². The van der Waals surface area contributed by atoms with Gasteiger partial charge in [0.25, 0.3) is 5.91 Å². The molecule has 1 amide bonds. The zero-order valence-corrected chi connectivity index (χ0v) is 19.0. The minimum atomic E-state index is -3.62. The highest BCUT2D eigenvalue weighted by atomic mass is 32.2. The van der Waals surface area contributed by atoms with Crippen molar-refractivity contribution >= 4 is 21.8 Å². The zero-order chi connectivity index (χ0) is 21.9. The van der Waals surface area contributed by atoms with Crippen LogP contribution in [0, 0.1) is 11.8 Å². The average Bonchev–Trinajstić information content (AvgIpc) is 3.10. The summed E-state index contributed by atoms with van der Waals surface area (Å²) in [6, 6.07) is 6.06. The Morgan fingerprint density at radius 1 is 1.07 bits per heavy atom. The highest BCUT2D eigenvalue weighted by molar-refractivity contribution is 7.89. The van der Waals surface area contributed by atoms with Crippen LogP contribution in [0.3, 0.4) is 0 Å². The number of nitrogens with zero attached hydrogens (tertiary/aromatic N) is 2. The highest BCUT2D eigenvalue weighted by Gasteiger charge is 2.26. The van der Waals surface area contributed by atoms with Crippen LogP contribution in [-0.2, 0) is 22.9 Å². The van der Waals surface area contributed by atoms with Gasteiger partial charge in [-0.25, -0.2) is 8.42 Å². The Bertz CT molecular complexity index is 968. The molecular formula is C22H31N3O4S. The van der Waals surface area contributed by atoms with Crippen molar-refractivity contribution in [2.24, 2.45) is 11.8 Å². The summed E-state index contributed by atoms with van der Waals surface area (Å²) in [4.78, 5) is 12.8. The van der Waals surface area contributed by atoms with Gasteiger partial charge in [0.15, 0.2) is 0 Å². The molecule has 1 heterocycles. The number of benzene rings is 1. The summed E-state index contributed by atoms with van der Waals surface area (Å²) in [6.07, 6.45) is 3.83. The number of sulfonamides is 1. The van der Waals surface area contributed by atoms with Crippen LogP contribution in [-0.4, -0.2) is 36.9 Å². The third-order valence-corrected chi connectivity index (χ3v) is 6.92. The molecule has 0 spiro atoms. The second kappa shape index (κ2) is 9.31. The van der Waals surface area contributed by atoms with Gasteiger partial charge in [-0.2, -0.15) is 4.31 Å². The van der Waals surface area contributed by atoms with E-state index in [9.17, 15) is 13.2 Å². The lowest BCUT2D eigenvalue weighted by molar-refractivity contribution is 0.102. The molecule has 30 heavy (non-hydrogen) atoms. The molecule has 1 aliphatic rings. The molecule has 1 aromatic carbocycles. The molecule has 0 fully saturated rings. The zero-order valence-electron chi connectivity index (χ0n) is 18.1. The van der Waals surface area contributed by atoms with E-state index >= 15 is 0 Å². The summed E-state index contributed by atoms with van der Waals surface area (Å²) in [5.41, 5.74) is 2.24. The first kappa shape index (κ1) is 22.5. The Hall–Kier alpha value is -2.19. The van der Waals surface area contributed by atoms with Crippen LogP contribution in [0.5, 0.6) is 0 Å². The molecule has 3 rings (SSSR count). The molecule has 0 saturated carbocycles. The van der Waals surface area contributed by atoms with Crippen molar-refractivity contribution in [3.05, 3.63) is 41.1 Å². The Kier molecular flexibility index (Phi) is 6.98. The van der Waals surface area contributed by atoms with Gasteiger partial charge in [-0.05, 0) is 61.8 Å². The van der Waals surface area contributed by atoms with E-state index in [1.165, 1.54) is 28.6 Å². The number of hydrogen-bond acceptors (Lipinski definition) is 5. The largest absolute Gasteiger partial charge is 0.338 e. The maximum atomic E-state index is 13.1. The van der Waals surface area contributed by atoms with Crippen LogP contribution in [0.25, 0.3) is 0 Å². The summed E-state index contributed by atoms with van der Waals surface area (Å²) < 4.78 is 33.0. The number of anilines is 1. The van der Waals surface area contributed by atoms with Gasteiger partial charge in [-0.1, -0.05) is 32.9 Å². The summed E-state index contributed by atoms with van der Waals surface area (Å²) in [5.74, 6) is 0.490. The van der Waals surface area contributed by atoms with Gasteiger partial charge in [0.05, 0.1) is 10.6 Å². The number of carbonyl (C=O) groups excluding carboxylic acids is 1. The van der Waals surface area contributed by atoms with Crippen molar-refractivity contribution < 1.29 is 17.7 Å². The quantitative estimate of drug-likeness (QED) is 0.676. The standard InChI is InChI=1S/C22H31N3O4S/c1-15(2)13-25(14-16(3)4)30(27,28)18-11-9-17(10-12-18)21(26)23-22-19-7-5-6-8-20(19)24-29-22/h9-12,15-16H,5-8,13-14H2,1-4H3,(H,23,26). The van der Waals surface area contributed by atoms with E-state index in [2.05, 4.69) is 10.5 Å². The topological polar surface area (TPSA) is 92.5 Å². The lowest BCUT2D eigenvalue weighted by Crippen LogP contribution is -2.37. The lowest BCUT2D eigenvalue weighted by atomic mass is 9.97. The smallest absolute Gasteiger partial charge is 0.258 e. The van der Waals surface area contributed by atoms with Crippen molar-refractivity contribution in [3.63, 3.8) is 0 Å². The fourth-order valence-electron chi connectivity index (χ4n) is 3.68. The molecule has 164 valence electrons. The Labute approximate surface area is 178 Å². The van der Waals surface area contributed by atoms with Crippen molar-refractivity contribution in [1.29, 1.82) is 0 Å². The maximum absolute atomic E-state index is 13.1. The van der Waals surface area contributed by atoms with Gasteiger partial charge in [-0.15, -0.1) is 0 Å². The van der Waals surface area contributed by atoms with Gasteiger partial charge in [0.1, 0.15) is 0 Å². The molecule has 0 bridgehead atoms. The highest BCUT2D eigenvalue weighted by Crippen LogP contribution is 2.28. The fraction of sp³-hybridized carbons (Fsp3) is 0.545. The molecule has 0 unspecified atom stereocenters. The molecular weight excluding hydrogens is 402 g/mol. The van der Waals surface area contributed by atoms with E-state index in [1.807, 2.05) is 27.7 Å². The van der Waals surface area contributed by atoms with Gasteiger partial charge in [0, 0.05) is 24.2 Å². The minimum absolute atomic E-state index is 0.192. The summed E-state index contributed by atoms with van der Waals surface area (Å²) in [7, 11) is -3.62. The first-order valence-corrected chi connectivity index (χ1v) is 12.0. The first-order valence-electron chi connectivity index (χ1n) is 10.6. The van der Waals surface area contributed by atoms with Crippen LogP contribution in [0.4, 0.5) is 5.88 Å². The number of fused-ring (bicyclic) bond motifs is 1. The Balaban J connectivity index is 1.76. The number of carbonyl (C=O) groups is 1. The summed E-state index contributed by atoms with van der Waals surface area (Å²) in [6.45, 7) is 8.91. The molecule has 8 heteroatoms. The van der Waals surface area contributed by atoms with Crippen LogP contribution >= 0.6 is 0 Å². The normalized spacial score (nSPS) is 14.4. The number of amides is 1. The molecule has 0 saturated heterocycles. The van der Waals surface area contributed by atoms with Gasteiger partial charge >= 0.3 is 0 Å². The third-order valence-electron chi connectivity index (χ3n) is 5.08. The predicted molar refractivity (Wildman–Crippen MR) is 116 cm³/mol. The van der Waals surface area contributed by atoms with Crippen LogP contribution in [0.1, 0.15) is 62.2 Å². The molecule has 0 radical (unpaired) electrons. The van der Waals surface area contributed by atoms with Crippen LogP contribution < -0.4 is 5.32 Å². The Morgan fingerprint density at radius 3 is 2.27 bits per heavy atom. The van der Waals surface area contributed by atoms with E-state index < -0.39 is 10.0 Å². The number of aromatic nitrogens is 1. The number of rotatable bonds is 8. The van der Waals surface area contributed by atoms with E-state index in [1.54, 1.807) is 0 Å². The lowest BCUT2D eigenvalue weighted by Gasteiger charge is -2.25. The van der Waals surface area contributed by atoms with E-state index in [-0.39, 0.29) is 22.6 Å². The van der Waals surface area contributed by atoms with Gasteiger partial charge in [-0.3, -0.25) is 10.1 Å². The van der Waals surface area contributed by atoms with E-state index in [0.29, 0.717) is 24.5 Å². The number of hydrogen-bond donors (Lipinski definition) is 1. The molecule has 0 aliphatic heterocycles. The predicted octanol–water partition coefficient (Wildman–Crippen LogP) is 4.11. The fourth-order valence-corrected chi connectivity index (χ4v) is 5.44. The molecule has 2 aromatic rings. The number of aryl methyl sites for hydroxylation is 1. The van der Waals surface area contributed by atoms with E-state index in [4.69, 9.17) is 4.52 Å². The molecule has 1 aliphatic carbocycles. The monoisotopic (exact) mass is 433 g/mol. The second-order valence-corrected chi connectivity index (χ2v) is 10.7. The molecule has 1 N–H and O–H groups in total. The average molecular weight is 434 g/mol. The summed E-state index contributed by atoms with van der Waals surface area (Å²) in [5, 5.41) is 6.81. The van der Waals surface area contributed by atoms with Gasteiger partial charge < -0.3 is 4.52 Å². The van der Waals surface area contributed by atoms with Crippen molar-refractivity contribution in [3.8, 4) is 0 Å². The van der Waals surface area contributed by atoms with Crippen molar-refractivity contribution in [2.45, 2.75) is 58.3 Å². The van der Waals surface area contributed by atoms with Crippen LogP contribution in [0.2, 0.25) is 0 Å². The maximum Gasteiger partial charge on any atom is 0.258 e. The molecule has 7 nitrogen and oxygen atoms in total. The molecule has 1 aromatic heterocycles. The second-order valence-electron chi connectivity index (χ2n) is 8.73. The van der Waals surface area contributed by atoms with E-state index in [0.717, 1.165) is 36.9 Å². The third kappa shape index (κ3) is 5.10. The minimum Gasteiger partial charge on any atom is -0.338 e. The molecule has 0 atom stereocenters. The summed E-state index contributed by atoms with van der Waals surface area (Å²) >= 11 is 0. The number of nitrogens with one attached hydrogen (secondary N) is 1. The van der Waals surface area contributed by atoms with Crippen molar-refractivity contribution in [1.82, 2.24) is 9.46 Å². The van der Waals surface area contributed by atoms with Gasteiger partial charge in [0.2, 0.25) is 15.9 Å². The Morgan fingerprint density at radius 2 is 1.67 bits per heavy atom.